The monoisotopic (exact) mass is 413 g/mol. The average Bonchev–Trinajstić information content (AvgIpc) is 2.48. The van der Waals surface area contributed by atoms with Crippen LogP contribution in [0.5, 0.6) is 0 Å². The Balaban J connectivity index is 2.20. The first-order chi connectivity index (χ1) is 10.0. The van der Waals surface area contributed by atoms with Crippen molar-refractivity contribution in [3.05, 3.63) is 68.4 Å². The van der Waals surface area contributed by atoms with Crippen molar-refractivity contribution in [2.24, 2.45) is 0 Å². The number of rotatable bonds is 4. The molecule has 0 saturated carbocycles. The molecule has 0 bridgehead atoms. The maximum Gasteiger partial charge on any atom is 0.254 e. The lowest BCUT2D eigenvalue weighted by atomic mass is 10.0. The van der Waals surface area contributed by atoms with Crippen LogP contribution in [-0.2, 0) is 0 Å². The van der Waals surface area contributed by atoms with E-state index in [9.17, 15) is 9.18 Å². The molecule has 0 aliphatic carbocycles. The zero-order valence-corrected chi connectivity index (χ0v) is 14.5. The third-order valence-electron chi connectivity index (χ3n) is 3.16. The number of nitrogens with one attached hydrogen (secondary N) is 1. The summed E-state index contributed by atoms with van der Waals surface area (Å²) in [4.78, 5) is 12.2. The molecule has 0 aliphatic rings. The van der Waals surface area contributed by atoms with Crippen LogP contribution in [0.4, 0.5) is 4.39 Å². The summed E-state index contributed by atoms with van der Waals surface area (Å²) in [6.07, 6.45) is 0.725. The van der Waals surface area contributed by atoms with E-state index in [2.05, 4.69) is 37.2 Å². The van der Waals surface area contributed by atoms with Gasteiger partial charge in [0.05, 0.1) is 11.6 Å². The predicted octanol–water partition coefficient (Wildman–Crippen LogP) is 5.23. The van der Waals surface area contributed by atoms with Crippen LogP contribution in [0.3, 0.4) is 0 Å². The highest BCUT2D eigenvalue weighted by Gasteiger charge is 2.17. The summed E-state index contributed by atoms with van der Waals surface area (Å²) in [5.74, 6) is -0.940. The number of halogens is 3. The summed E-state index contributed by atoms with van der Waals surface area (Å²) >= 11 is 6.63. The summed E-state index contributed by atoms with van der Waals surface area (Å²) in [5.41, 5.74) is 1.03. The van der Waals surface area contributed by atoms with Gasteiger partial charge in [-0.2, -0.15) is 0 Å². The minimum absolute atomic E-state index is 0.0416. The summed E-state index contributed by atoms with van der Waals surface area (Å²) in [7, 11) is 0. The molecule has 2 aromatic carbocycles. The van der Waals surface area contributed by atoms with E-state index in [1.165, 1.54) is 12.1 Å². The van der Waals surface area contributed by atoms with Crippen molar-refractivity contribution in [1.82, 2.24) is 5.32 Å². The van der Waals surface area contributed by atoms with Crippen molar-refractivity contribution in [2.45, 2.75) is 19.4 Å². The molecule has 0 radical (unpaired) electrons. The fourth-order valence-electron chi connectivity index (χ4n) is 2.02. The fourth-order valence-corrected chi connectivity index (χ4v) is 2.65. The van der Waals surface area contributed by atoms with Crippen molar-refractivity contribution in [3.8, 4) is 0 Å². The van der Waals surface area contributed by atoms with Crippen LogP contribution in [0.25, 0.3) is 0 Å². The third kappa shape index (κ3) is 4.14. The molecule has 2 nitrogen and oxygen atoms in total. The minimum Gasteiger partial charge on any atom is -0.345 e. The highest BCUT2D eigenvalue weighted by atomic mass is 79.9. The van der Waals surface area contributed by atoms with E-state index in [1.54, 1.807) is 6.07 Å². The quantitative estimate of drug-likeness (QED) is 0.728. The van der Waals surface area contributed by atoms with Crippen molar-refractivity contribution in [2.75, 3.05) is 0 Å². The van der Waals surface area contributed by atoms with E-state index in [4.69, 9.17) is 0 Å². The van der Waals surface area contributed by atoms with Gasteiger partial charge in [-0.1, -0.05) is 50.9 Å². The first-order valence-corrected chi connectivity index (χ1v) is 8.11. The highest BCUT2D eigenvalue weighted by Crippen LogP contribution is 2.21. The summed E-state index contributed by atoms with van der Waals surface area (Å²) in [5, 5.41) is 2.87. The zero-order valence-electron chi connectivity index (χ0n) is 11.4. The van der Waals surface area contributed by atoms with Gasteiger partial charge in [-0.3, -0.25) is 4.79 Å². The molecule has 0 saturated heterocycles. The summed E-state index contributed by atoms with van der Waals surface area (Å²) in [6.45, 7) is 1.98. The molecule has 2 rings (SSSR count). The molecular weight excluding hydrogens is 401 g/mol. The van der Waals surface area contributed by atoms with Gasteiger partial charge >= 0.3 is 0 Å². The van der Waals surface area contributed by atoms with Crippen LogP contribution in [-0.4, -0.2) is 5.91 Å². The van der Waals surface area contributed by atoms with Crippen LogP contribution in [0, 0.1) is 5.82 Å². The zero-order chi connectivity index (χ0) is 15.4. The molecule has 0 aliphatic heterocycles. The molecule has 1 amide bonds. The smallest absolute Gasteiger partial charge is 0.254 e. The largest absolute Gasteiger partial charge is 0.345 e. The van der Waals surface area contributed by atoms with E-state index < -0.39 is 11.7 Å². The number of carbonyl (C=O) groups is 1. The topological polar surface area (TPSA) is 29.1 Å². The Morgan fingerprint density at radius 1 is 1.14 bits per heavy atom. The predicted molar refractivity (Wildman–Crippen MR) is 88.7 cm³/mol. The standard InChI is InChI=1S/C16H14Br2FNO/c1-2-15(10-3-5-11(17)6-4-10)20-16(21)13-9-12(18)7-8-14(13)19/h3-9,15H,2H2,1H3,(H,20,21). The molecule has 21 heavy (non-hydrogen) atoms. The molecule has 5 heteroatoms. The molecule has 2 aromatic rings. The first-order valence-electron chi connectivity index (χ1n) is 6.52. The highest BCUT2D eigenvalue weighted by molar-refractivity contribution is 9.10. The van der Waals surface area contributed by atoms with Crippen molar-refractivity contribution in [1.29, 1.82) is 0 Å². The lowest BCUT2D eigenvalue weighted by molar-refractivity contribution is 0.0931. The Labute approximate surface area is 140 Å². The molecule has 1 N–H and O–H groups in total. The van der Waals surface area contributed by atoms with Crippen molar-refractivity contribution in [3.63, 3.8) is 0 Å². The van der Waals surface area contributed by atoms with Crippen LogP contribution < -0.4 is 5.32 Å². The molecule has 1 unspecified atom stereocenters. The van der Waals surface area contributed by atoms with Gasteiger partial charge in [0.2, 0.25) is 0 Å². The van der Waals surface area contributed by atoms with Crippen LogP contribution in [0.15, 0.2) is 51.4 Å². The van der Waals surface area contributed by atoms with Crippen LogP contribution in [0.2, 0.25) is 0 Å². The number of amides is 1. The molecule has 110 valence electrons. The van der Waals surface area contributed by atoms with E-state index in [0.29, 0.717) is 4.47 Å². The Bertz CT molecular complexity index is 643. The van der Waals surface area contributed by atoms with Gasteiger partial charge in [0, 0.05) is 8.95 Å². The van der Waals surface area contributed by atoms with Gasteiger partial charge in [-0.25, -0.2) is 4.39 Å². The Kier molecular flexibility index (Phi) is 5.53. The minimum atomic E-state index is -0.527. The molecular formula is C16H14Br2FNO. The second-order valence-electron chi connectivity index (χ2n) is 4.61. The van der Waals surface area contributed by atoms with Gasteiger partial charge in [-0.15, -0.1) is 0 Å². The van der Waals surface area contributed by atoms with Gasteiger partial charge in [-0.05, 0) is 42.3 Å². The van der Waals surface area contributed by atoms with Gasteiger partial charge in [0.15, 0.2) is 0 Å². The lowest BCUT2D eigenvalue weighted by Gasteiger charge is -2.18. The van der Waals surface area contributed by atoms with Gasteiger partial charge in [0.1, 0.15) is 5.82 Å². The molecule has 0 fully saturated rings. The average molecular weight is 415 g/mol. The van der Waals surface area contributed by atoms with Gasteiger partial charge < -0.3 is 5.32 Å². The van der Waals surface area contributed by atoms with Crippen LogP contribution >= 0.6 is 31.9 Å². The van der Waals surface area contributed by atoms with Gasteiger partial charge in [0.25, 0.3) is 5.91 Å². The number of carbonyl (C=O) groups excluding carboxylic acids is 1. The Morgan fingerprint density at radius 2 is 1.76 bits per heavy atom. The van der Waals surface area contributed by atoms with E-state index in [-0.39, 0.29) is 11.6 Å². The summed E-state index contributed by atoms with van der Waals surface area (Å²) in [6, 6.07) is 11.9. The first kappa shape index (κ1) is 16.2. The third-order valence-corrected chi connectivity index (χ3v) is 4.18. The number of hydrogen-bond acceptors (Lipinski definition) is 1. The number of benzene rings is 2. The summed E-state index contributed by atoms with van der Waals surface area (Å²) < 4.78 is 15.4. The molecule has 0 heterocycles. The lowest BCUT2D eigenvalue weighted by Crippen LogP contribution is -2.28. The normalized spacial score (nSPS) is 12.0. The molecule has 1 atom stereocenters. The second-order valence-corrected chi connectivity index (χ2v) is 6.44. The van der Waals surface area contributed by atoms with E-state index >= 15 is 0 Å². The van der Waals surface area contributed by atoms with E-state index in [1.807, 2.05) is 31.2 Å². The fraction of sp³-hybridized carbons (Fsp3) is 0.188. The Morgan fingerprint density at radius 3 is 2.38 bits per heavy atom. The second kappa shape index (κ2) is 7.18. The van der Waals surface area contributed by atoms with Crippen molar-refractivity contribution >= 4 is 37.8 Å². The van der Waals surface area contributed by atoms with Crippen LogP contribution in [0.1, 0.15) is 35.3 Å². The number of hydrogen-bond donors (Lipinski definition) is 1. The molecule has 0 aromatic heterocycles. The SMILES string of the molecule is CCC(NC(=O)c1cc(Br)ccc1F)c1ccc(Br)cc1. The maximum atomic E-state index is 13.7. The Hall–Kier alpha value is -1.20. The molecule has 0 spiro atoms. The van der Waals surface area contributed by atoms with E-state index in [0.717, 1.165) is 16.5 Å². The maximum absolute atomic E-state index is 13.7. The van der Waals surface area contributed by atoms with Crippen molar-refractivity contribution < 1.29 is 9.18 Å².